The largest absolute Gasteiger partial charge is 0.496 e. The summed E-state index contributed by atoms with van der Waals surface area (Å²) in [5.74, 6) is 1.31. The average molecular weight is 478 g/mol. The van der Waals surface area contributed by atoms with Gasteiger partial charge in [0, 0.05) is 24.8 Å². The van der Waals surface area contributed by atoms with Crippen LogP contribution >= 0.6 is 0 Å². The first kappa shape index (κ1) is 23.6. The van der Waals surface area contributed by atoms with E-state index < -0.39 is 6.04 Å². The van der Waals surface area contributed by atoms with Crippen molar-refractivity contribution in [2.75, 3.05) is 7.11 Å². The molecule has 2 aliphatic carbocycles. The fourth-order valence-corrected chi connectivity index (χ4v) is 6.06. The minimum atomic E-state index is -0.475. The molecule has 1 saturated heterocycles. The molecule has 35 heavy (non-hydrogen) atoms. The summed E-state index contributed by atoms with van der Waals surface area (Å²) in [5.41, 5.74) is 1.46. The first-order valence-corrected chi connectivity index (χ1v) is 13.0. The number of hydrogen-bond donors (Lipinski definition) is 1. The van der Waals surface area contributed by atoms with Crippen molar-refractivity contribution < 1.29 is 19.1 Å². The predicted octanol–water partition coefficient (Wildman–Crippen LogP) is 4.50. The van der Waals surface area contributed by atoms with Gasteiger partial charge in [0.25, 0.3) is 5.91 Å². The molecule has 1 N–H and O–H groups in total. The number of carbonyl (C=O) groups is 2. The van der Waals surface area contributed by atoms with E-state index in [1.54, 1.807) is 25.4 Å². The van der Waals surface area contributed by atoms with Crippen LogP contribution in [0, 0.1) is 5.92 Å². The molecule has 3 unspecified atom stereocenters. The molecular weight excluding hydrogens is 442 g/mol. The van der Waals surface area contributed by atoms with E-state index in [9.17, 15) is 9.59 Å². The number of aromatic nitrogens is 1. The second kappa shape index (κ2) is 10.7. The normalized spacial score (nSPS) is 24.1. The average Bonchev–Trinajstić information content (AvgIpc) is 3.55. The van der Waals surface area contributed by atoms with Gasteiger partial charge in [-0.25, -0.2) is 4.98 Å². The standard InChI is InChI=1S/C28H35N3O4/c1-34-25-13-7-5-11-22(25)28(33)31-23-12-6-2-8-20(23)17-24(31)27(32)30-18-19-14-15-29-26(16-19)35-21-9-3-4-10-21/h5,7,11,13-16,20-21,23-24H,2-4,6,8-10,12,17-18H2,1H3,(H,30,32). The molecule has 7 heteroatoms. The second-order valence-electron chi connectivity index (χ2n) is 10.0. The number of amides is 2. The molecule has 186 valence electrons. The summed E-state index contributed by atoms with van der Waals surface area (Å²) in [4.78, 5) is 33.4. The van der Waals surface area contributed by atoms with Gasteiger partial charge in [0.05, 0.1) is 12.7 Å². The van der Waals surface area contributed by atoms with Crippen molar-refractivity contribution in [1.29, 1.82) is 0 Å². The van der Waals surface area contributed by atoms with E-state index in [0.29, 0.717) is 36.1 Å². The SMILES string of the molecule is COc1ccccc1C(=O)N1C(C(=O)NCc2ccnc(OC3CCCC3)c2)CC2CCCCC21. The number of carbonyl (C=O) groups excluding carboxylic acids is 2. The number of pyridine rings is 1. The Hall–Kier alpha value is -3.09. The van der Waals surface area contributed by atoms with Gasteiger partial charge >= 0.3 is 0 Å². The van der Waals surface area contributed by atoms with Gasteiger partial charge in [-0.3, -0.25) is 9.59 Å². The van der Waals surface area contributed by atoms with Crippen molar-refractivity contribution in [1.82, 2.24) is 15.2 Å². The number of rotatable bonds is 7. The topological polar surface area (TPSA) is 80.8 Å². The second-order valence-corrected chi connectivity index (χ2v) is 10.0. The van der Waals surface area contributed by atoms with Crippen molar-refractivity contribution in [2.24, 2.45) is 5.92 Å². The molecule has 0 bridgehead atoms. The highest BCUT2D eigenvalue weighted by atomic mass is 16.5. The van der Waals surface area contributed by atoms with Gasteiger partial charge in [0.2, 0.25) is 11.8 Å². The fourth-order valence-electron chi connectivity index (χ4n) is 6.06. The molecular formula is C28H35N3O4. The van der Waals surface area contributed by atoms with Crippen molar-refractivity contribution in [3.63, 3.8) is 0 Å². The fraction of sp³-hybridized carbons (Fsp3) is 0.536. The molecule has 2 amide bonds. The molecule has 5 rings (SSSR count). The predicted molar refractivity (Wildman–Crippen MR) is 132 cm³/mol. The maximum atomic E-state index is 13.7. The number of likely N-dealkylation sites (tertiary alicyclic amines) is 1. The molecule has 1 aromatic carbocycles. The van der Waals surface area contributed by atoms with Crippen LogP contribution in [-0.4, -0.2) is 47.0 Å². The first-order valence-electron chi connectivity index (χ1n) is 13.0. The summed E-state index contributed by atoms with van der Waals surface area (Å²) in [5, 5.41) is 3.09. The van der Waals surface area contributed by atoms with E-state index >= 15 is 0 Å². The van der Waals surface area contributed by atoms with Gasteiger partial charge in [-0.15, -0.1) is 0 Å². The van der Waals surface area contributed by atoms with Crippen LogP contribution in [0.5, 0.6) is 11.6 Å². The number of nitrogens with zero attached hydrogens (tertiary/aromatic N) is 2. The number of ether oxygens (including phenoxy) is 2. The van der Waals surface area contributed by atoms with Crippen LogP contribution in [0.1, 0.15) is 73.7 Å². The van der Waals surface area contributed by atoms with Crippen LogP contribution in [0.4, 0.5) is 0 Å². The van der Waals surface area contributed by atoms with Gasteiger partial charge in [0.1, 0.15) is 17.9 Å². The molecule has 2 heterocycles. The summed E-state index contributed by atoms with van der Waals surface area (Å²) in [6.07, 6.45) is 11.5. The first-order chi connectivity index (χ1) is 17.1. The number of nitrogens with one attached hydrogen (secondary N) is 1. The van der Waals surface area contributed by atoms with E-state index in [1.165, 1.54) is 12.8 Å². The van der Waals surface area contributed by atoms with Crippen LogP contribution in [0.3, 0.4) is 0 Å². The van der Waals surface area contributed by atoms with E-state index in [-0.39, 0.29) is 24.0 Å². The lowest BCUT2D eigenvalue weighted by molar-refractivity contribution is -0.125. The number of para-hydroxylation sites is 1. The maximum absolute atomic E-state index is 13.7. The van der Waals surface area contributed by atoms with E-state index in [2.05, 4.69) is 10.3 Å². The van der Waals surface area contributed by atoms with Gasteiger partial charge in [-0.2, -0.15) is 0 Å². The van der Waals surface area contributed by atoms with Crippen molar-refractivity contribution in [2.45, 2.75) is 82.5 Å². The molecule has 2 saturated carbocycles. The van der Waals surface area contributed by atoms with Gasteiger partial charge in [-0.05, 0) is 74.6 Å². The van der Waals surface area contributed by atoms with Gasteiger partial charge < -0.3 is 19.7 Å². The molecule has 2 aromatic rings. The number of fused-ring (bicyclic) bond motifs is 1. The highest BCUT2D eigenvalue weighted by molar-refractivity contribution is 6.00. The van der Waals surface area contributed by atoms with Crippen molar-refractivity contribution in [3.8, 4) is 11.6 Å². The van der Waals surface area contributed by atoms with Crippen LogP contribution in [0.2, 0.25) is 0 Å². The summed E-state index contributed by atoms with van der Waals surface area (Å²) in [7, 11) is 1.57. The molecule has 1 aromatic heterocycles. The number of hydrogen-bond acceptors (Lipinski definition) is 5. The maximum Gasteiger partial charge on any atom is 0.258 e. The van der Waals surface area contributed by atoms with Crippen LogP contribution < -0.4 is 14.8 Å². The Balaban J connectivity index is 1.30. The zero-order chi connectivity index (χ0) is 24.2. The Labute approximate surface area is 207 Å². The van der Waals surface area contributed by atoms with Crippen LogP contribution in [0.25, 0.3) is 0 Å². The molecule has 3 aliphatic rings. The highest BCUT2D eigenvalue weighted by Crippen LogP contribution is 2.41. The van der Waals surface area contributed by atoms with Crippen LogP contribution in [0.15, 0.2) is 42.6 Å². The Morgan fingerprint density at radius 2 is 1.83 bits per heavy atom. The lowest BCUT2D eigenvalue weighted by Crippen LogP contribution is -2.49. The van der Waals surface area contributed by atoms with E-state index in [4.69, 9.17) is 9.47 Å². The highest BCUT2D eigenvalue weighted by Gasteiger charge is 2.47. The lowest BCUT2D eigenvalue weighted by atomic mass is 9.84. The molecule has 3 atom stereocenters. The van der Waals surface area contributed by atoms with Crippen molar-refractivity contribution in [3.05, 3.63) is 53.7 Å². The minimum Gasteiger partial charge on any atom is -0.496 e. The zero-order valence-electron chi connectivity index (χ0n) is 20.4. The molecule has 1 aliphatic heterocycles. The third kappa shape index (κ3) is 5.14. The smallest absolute Gasteiger partial charge is 0.258 e. The van der Waals surface area contributed by atoms with E-state index in [1.807, 2.05) is 29.2 Å². The number of methoxy groups -OCH3 is 1. The minimum absolute atomic E-state index is 0.0993. The van der Waals surface area contributed by atoms with Crippen LogP contribution in [-0.2, 0) is 11.3 Å². The zero-order valence-corrected chi connectivity index (χ0v) is 20.4. The van der Waals surface area contributed by atoms with Crippen molar-refractivity contribution >= 4 is 11.8 Å². The Bertz CT molecular complexity index is 1050. The molecule has 0 spiro atoms. The third-order valence-electron chi connectivity index (χ3n) is 7.82. The summed E-state index contributed by atoms with van der Waals surface area (Å²) in [6, 6.07) is 10.7. The number of benzene rings is 1. The summed E-state index contributed by atoms with van der Waals surface area (Å²) in [6.45, 7) is 0.380. The lowest BCUT2D eigenvalue weighted by Gasteiger charge is -2.34. The Kier molecular flexibility index (Phi) is 7.21. The third-order valence-corrected chi connectivity index (χ3v) is 7.82. The molecule has 7 nitrogen and oxygen atoms in total. The Morgan fingerprint density at radius 1 is 1.06 bits per heavy atom. The molecule has 0 radical (unpaired) electrons. The monoisotopic (exact) mass is 477 g/mol. The summed E-state index contributed by atoms with van der Waals surface area (Å²) < 4.78 is 11.5. The summed E-state index contributed by atoms with van der Waals surface area (Å²) >= 11 is 0. The van der Waals surface area contributed by atoms with Gasteiger partial charge in [0.15, 0.2) is 0 Å². The quantitative estimate of drug-likeness (QED) is 0.635. The Morgan fingerprint density at radius 3 is 2.66 bits per heavy atom. The van der Waals surface area contributed by atoms with E-state index in [0.717, 1.165) is 44.1 Å². The van der Waals surface area contributed by atoms with Gasteiger partial charge in [-0.1, -0.05) is 25.0 Å². The molecule has 3 fully saturated rings.